The number of esters is 1. The molecule has 1 rings (SSSR count). The number of ketones is 1. The zero-order valence-electron chi connectivity index (χ0n) is 11.0. The van der Waals surface area contributed by atoms with Gasteiger partial charge in [-0.3, -0.25) is 9.59 Å². The molecule has 17 heavy (non-hydrogen) atoms. The molecule has 4 heteroatoms. The van der Waals surface area contributed by atoms with Crippen LogP contribution in [0.5, 0.6) is 0 Å². The first kappa shape index (κ1) is 14.2. The Morgan fingerprint density at radius 3 is 2.41 bits per heavy atom. The normalized spacial score (nSPS) is 36.1. The number of halogens is 1. The second-order valence-electron chi connectivity index (χ2n) is 5.08. The minimum atomic E-state index is -1.16. The lowest BCUT2D eigenvalue weighted by Gasteiger charge is -2.54. The maximum Gasteiger partial charge on any atom is 0.320 e. The molecule has 0 aromatic carbocycles. The third-order valence-corrected chi connectivity index (χ3v) is 4.25. The van der Waals surface area contributed by atoms with E-state index in [9.17, 15) is 9.59 Å². The van der Waals surface area contributed by atoms with Crippen molar-refractivity contribution < 1.29 is 14.3 Å². The molecule has 3 atom stereocenters. The Bertz CT molecular complexity index is 384. The summed E-state index contributed by atoms with van der Waals surface area (Å²) in [5, 5.41) is -0.660. The molecule has 3 nitrogen and oxygen atoms in total. The van der Waals surface area contributed by atoms with Crippen molar-refractivity contribution in [3.8, 4) is 0 Å². The standard InChI is InChI=1S/C13H19ClO3/c1-6-17-11(16)13(5)10(15)9(14)12(13,4)7-8(2)3/h7,9H,6H2,1-5H3. The van der Waals surface area contributed by atoms with Crippen molar-refractivity contribution >= 4 is 23.4 Å². The zero-order chi connectivity index (χ0) is 13.4. The van der Waals surface area contributed by atoms with Crippen molar-refractivity contribution in [1.82, 2.24) is 0 Å². The van der Waals surface area contributed by atoms with Crippen LogP contribution in [0.4, 0.5) is 0 Å². The summed E-state index contributed by atoms with van der Waals surface area (Å²) in [5.74, 6) is -0.737. The van der Waals surface area contributed by atoms with E-state index in [1.807, 2.05) is 26.8 Å². The first-order valence-electron chi connectivity index (χ1n) is 5.73. The number of hydrogen-bond donors (Lipinski definition) is 0. The van der Waals surface area contributed by atoms with Crippen molar-refractivity contribution in [2.75, 3.05) is 6.61 Å². The molecule has 0 aliphatic heterocycles. The highest BCUT2D eigenvalue weighted by molar-refractivity contribution is 6.38. The number of rotatable bonds is 3. The molecule has 3 unspecified atom stereocenters. The van der Waals surface area contributed by atoms with Crippen LogP contribution in [-0.4, -0.2) is 23.7 Å². The van der Waals surface area contributed by atoms with Gasteiger partial charge in [0.15, 0.2) is 5.78 Å². The van der Waals surface area contributed by atoms with Crippen LogP contribution in [0.15, 0.2) is 11.6 Å². The number of carbonyl (C=O) groups excluding carboxylic acids is 2. The minimum absolute atomic E-state index is 0.252. The van der Waals surface area contributed by atoms with Crippen LogP contribution in [0.2, 0.25) is 0 Å². The second kappa shape index (κ2) is 4.45. The van der Waals surface area contributed by atoms with Crippen LogP contribution in [-0.2, 0) is 14.3 Å². The van der Waals surface area contributed by atoms with Gasteiger partial charge in [-0.2, -0.15) is 0 Å². The molecule has 96 valence electrons. The third kappa shape index (κ3) is 1.81. The number of hydrogen-bond acceptors (Lipinski definition) is 3. The predicted molar refractivity (Wildman–Crippen MR) is 66.9 cm³/mol. The average molecular weight is 259 g/mol. The van der Waals surface area contributed by atoms with E-state index in [1.165, 1.54) is 0 Å². The highest BCUT2D eigenvalue weighted by atomic mass is 35.5. The topological polar surface area (TPSA) is 43.4 Å². The van der Waals surface area contributed by atoms with Crippen LogP contribution in [0.1, 0.15) is 34.6 Å². The van der Waals surface area contributed by atoms with Gasteiger partial charge in [-0.15, -0.1) is 11.6 Å². The Labute approximate surface area is 107 Å². The Morgan fingerprint density at radius 1 is 1.47 bits per heavy atom. The smallest absolute Gasteiger partial charge is 0.320 e. The van der Waals surface area contributed by atoms with Gasteiger partial charge in [0.25, 0.3) is 0 Å². The van der Waals surface area contributed by atoms with Crippen LogP contribution >= 0.6 is 11.6 Å². The fraction of sp³-hybridized carbons (Fsp3) is 0.692. The Kier molecular flexibility index (Phi) is 3.72. The summed E-state index contributed by atoms with van der Waals surface area (Å²) in [6.07, 6.45) is 1.89. The number of allylic oxidation sites excluding steroid dienone is 2. The summed E-state index contributed by atoms with van der Waals surface area (Å²) in [4.78, 5) is 23.9. The second-order valence-corrected chi connectivity index (χ2v) is 5.51. The molecule has 0 saturated heterocycles. The van der Waals surface area contributed by atoms with E-state index in [0.717, 1.165) is 5.57 Å². The van der Waals surface area contributed by atoms with E-state index in [1.54, 1.807) is 13.8 Å². The molecule has 1 aliphatic carbocycles. The molecule has 0 heterocycles. The molecule has 0 spiro atoms. The van der Waals surface area contributed by atoms with Crippen LogP contribution < -0.4 is 0 Å². The van der Waals surface area contributed by atoms with Crippen LogP contribution in [0, 0.1) is 10.8 Å². The predicted octanol–water partition coefficient (Wildman–Crippen LogP) is 2.72. The lowest BCUT2D eigenvalue weighted by Crippen LogP contribution is -2.68. The monoisotopic (exact) mass is 258 g/mol. The highest BCUT2D eigenvalue weighted by Gasteiger charge is 2.70. The lowest BCUT2D eigenvalue weighted by atomic mass is 9.49. The maximum atomic E-state index is 12.0. The van der Waals surface area contributed by atoms with E-state index < -0.39 is 22.2 Å². The highest BCUT2D eigenvalue weighted by Crippen LogP contribution is 2.58. The van der Waals surface area contributed by atoms with Gasteiger partial charge in [0.05, 0.1) is 6.61 Å². The summed E-state index contributed by atoms with van der Waals surface area (Å²) in [7, 11) is 0. The molecular weight excluding hydrogens is 240 g/mol. The minimum Gasteiger partial charge on any atom is -0.465 e. The molecule has 0 aromatic rings. The largest absolute Gasteiger partial charge is 0.465 e. The number of Topliss-reactive ketones (excluding diaryl/α,β-unsaturated/α-hetero) is 1. The Hall–Kier alpha value is -0.830. The molecule has 1 fully saturated rings. The van der Waals surface area contributed by atoms with E-state index in [-0.39, 0.29) is 12.4 Å². The molecule has 0 bridgehead atoms. The van der Waals surface area contributed by atoms with Gasteiger partial charge >= 0.3 is 5.97 Å². The van der Waals surface area contributed by atoms with Crippen molar-refractivity contribution in [2.24, 2.45) is 10.8 Å². The first-order chi connectivity index (χ1) is 7.71. The SMILES string of the molecule is CCOC(=O)C1(C)C(=O)C(Cl)C1(C)C=C(C)C. The maximum absolute atomic E-state index is 12.0. The average Bonchev–Trinajstić information content (AvgIpc) is 2.25. The van der Waals surface area contributed by atoms with E-state index in [0.29, 0.717) is 0 Å². The zero-order valence-corrected chi connectivity index (χ0v) is 11.7. The van der Waals surface area contributed by atoms with Gasteiger partial charge in [-0.05, 0) is 27.7 Å². The Morgan fingerprint density at radius 2 is 2.00 bits per heavy atom. The Balaban J connectivity index is 3.17. The molecular formula is C13H19ClO3. The number of alkyl halides is 1. The number of carbonyl (C=O) groups is 2. The lowest BCUT2D eigenvalue weighted by molar-refractivity contribution is -0.176. The van der Waals surface area contributed by atoms with E-state index in [4.69, 9.17) is 16.3 Å². The van der Waals surface area contributed by atoms with E-state index in [2.05, 4.69) is 0 Å². The van der Waals surface area contributed by atoms with Gasteiger partial charge in [-0.1, -0.05) is 18.6 Å². The first-order valence-corrected chi connectivity index (χ1v) is 6.17. The van der Waals surface area contributed by atoms with Crippen LogP contribution in [0.3, 0.4) is 0 Å². The molecule has 1 saturated carbocycles. The fourth-order valence-electron chi connectivity index (χ4n) is 2.38. The van der Waals surface area contributed by atoms with Crippen LogP contribution in [0.25, 0.3) is 0 Å². The quantitative estimate of drug-likeness (QED) is 0.338. The molecule has 0 N–H and O–H groups in total. The summed E-state index contributed by atoms with van der Waals surface area (Å²) >= 11 is 6.08. The molecule has 0 radical (unpaired) electrons. The van der Waals surface area contributed by atoms with Gasteiger partial charge in [-0.25, -0.2) is 0 Å². The van der Waals surface area contributed by atoms with Crippen molar-refractivity contribution in [3.05, 3.63) is 11.6 Å². The molecule has 0 aromatic heterocycles. The van der Waals surface area contributed by atoms with Crippen molar-refractivity contribution in [2.45, 2.75) is 40.0 Å². The van der Waals surface area contributed by atoms with E-state index >= 15 is 0 Å². The number of ether oxygens (including phenoxy) is 1. The van der Waals surface area contributed by atoms with Gasteiger partial charge in [0, 0.05) is 5.41 Å². The molecule has 1 aliphatic rings. The summed E-state index contributed by atoms with van der Waals surface area (Å²) in [6, 6.07) is 0. The third-order valence-electron chi connectivity index (χ3n) is 3.60. The fourth-order valence-corrected chi connectivity index (χ4v) is 2.88. The van der Waals surface area contributed by atoms with Crippen molar-refractivity contribution in [1.29, 1.82) is 0 Å². The summed E-state index contributed by atoms with van der Waals surface area (Å²) in [5.41, 5.74) is -0.801. The van der Waals surface area contributed by atoms with Gasteiger partial charge in [0.2, 0.25) is 0 Å². The summed E-state index contributed by atoms with van der Waals surface area (Å²) in [6.45, 7) is 9.27. The van der Waals surface area contributed by atoms with Crippen molar-refractivity contribution in [3.63, 3.8) is 0 Å². The van der Waals surface area contributed by atoms with Gasteiger partial charge < -0.3 is 4.74 Å². The van der Waals surface area contributed by atoms with Gasteiger partial charge in [0.1, 0.15) is 10.8 Å². The summed E-state index contributed by atoms with van der Waals surface area (Å²) < 4.78 is 5.00. The molecule has 0 amide bonds.